The monoisotopic (exact) mass is 505 g/mol. The third-order valence-corrected chi connectivity index (χ3v) is 6.65. The second kappa shape index (κ2) is 11.1. The number of rotatable bonds is 10. The Morgan fingerprint density at radius 3 is 2.38 bits per heavy atom. The van der Waals surface area contributed by atoms with Crippen molar-refractivity contribution < 1.29 is 32.3 Å². The maximum absolute atomic E-state index is 12.4. The number of benzene rings is 2. The number of ether oxygens (including phenoxy) is 2. The molecule has 0 atom stereocenters. The molecule has 180 valence electrons. The highest BCUT2D eigenvalue weighted by Crippen LogP contribution is 2.27. The van der Waals surface area contributed by atoms with Gasteiger partial charge >= 0.3 is 5.97 Å². The van der Waals surface area contributed by atoms with Crippen molar-refractivity contribution in [3.8, 4) is 5.75 Å². The smallest absolute Gasteiger partial charge is 0.338 e. The van der Waals surface area contributed by atoms with Gasteiger partial charge in [-0.15, -0.1) is 0 Å². The van der Waals surface area contributed by atoms with Crippen molar-refractivity contribution in [2.45, 2.75) is 13.8 Å². The van der Waals surface area contributed by atoms with Gasteiger partial charge in [0.2, 0.25) is 11.8 Å². The fourth-order valence-corrected chi connectivity index (χ4v) is 4.93. The first kappa shape index (κ1) is 25.1. The standard InChI is InChI=1S/C22H23N3O7S2/c1-3-31-17-8-6-5-7-15(17)23-19(26)12-34(29,30)13-20(27)25-22-24-16-10-9-14(11-18(16)33-22)21(28)32-4-2/h5-11H,3-4,12-13H2,1-2H3,(H,23,26)(H,24,25,27). The molecule has 0 saturated carbocycles. The number of nitrogens with one attached hydrogen (secondary N) is 2. The number of amides is 2. The molecule has 1 aromatic heterocycles. The minimum atomic E-state index is -4.05. The van der Waals surface area contributed by atoms with Crippen LogP contribution in [0.2, 0.25) is 0 Å². The third kappa shape index (κ3) is 6.75. The molecule has 0 spiro atoms. The van der Waals surface area contributed by atoms with Crippen LogP contribution in [0.4, 0.5) is 10.8 Å². The summed E-state index contributed by atoms with van der Waals surface area (Å²) in [6.07, 6.45) is 0. The zero-order chi connectivity index (χ0) is 24.7. The van der Waals surface area contributed by atoms with E-state index in [-0.39, 0.29) is 11.7 Å². The second-order valence-electron chi connectivity index (χ2n) is 6.98. The average molecular weight is 506 g/mol. The molecular weight excluding hydrogens is 482 g/mol. The molecule has 0 fully saturated rings. The van der Waals surface area contributed by atoms with Gasteiger partial charge in [-0.25, -0.2) is 18.2 Å². The van der Waals surface area contributed by atoms with Crippen LogP contribution >= 0.6 is 11.3 Å². The van der Waals surface area contributed by atoms with Crippen LogP contribution in [0.5, 0.6) is 5.75 Å². The van der Waals surface area contributed by atoms with E-state index in [0.717, 1.165) is 11.3 Å². The minimum absolute atomic E-state index is 0.173. The van der Waals surface area contributed by atoms with Crippen molar-refractivity contribution >= 4 is 60.0 Å². The van der Waals surface area contributed by atoms with Gasteiger partial charge < -0.3 is 20.1 Å². The van der Waals surface area contributed by atoms with E-state index in [2.05, 4.69) is 15.6 Å². The molecule has 2 N–H and O–H groups in total. The van der Waals surface area contributed by atoms with Crippen molar-refractivity contribution in [3.63, 3.8) is 0 Å². The summed E-state index contributed by atoms with van der Waals surface area (Å²) in [7, 11) is -4.05. The number of aromatic nitrogens is 1. The Hall–Kier alpha value is -3.51. The Morgan fingerprint density at radius 2 is 1.68 bits per heavy atom. The molecule has 0 aliphatic heterocycles. The Kier molecular flexibility index (Phi) is 8.18. The summed E-state index contributed by atoms with van der Waals surface area (Å²) in [5, 5.41) is 5.10. The topological polar surface area (TPSA) is 141 Å². The maximum atomic E-state index is 12.4. The Labute approximate surface area is 200 Å². The fraction of sp³-hybridized carbons (Fsp3) is 0.273. The first-order valence-electron chi connectivity index (χ1n) is 10.3. The summed E-state index contributed by atoms with van der Waals surface area (Å²) in [6.45, 7) is 4.11. The number of hydrogen-bond acceptors (Lipinski definition) is 9. The number of carbonyl (C=O) groups is 3. The summed E-state index contributed by atoms with van der Waals surface area (Å²) in [4.78, 5) is 40.6. The molecule has 1 heterocycles. The fourth-order valence-electron chi connectivity index (χ4n) is 2.96. The largest absolute Gasteiger partial charge is 0.492 e. The maximum Gasteiger partial charge on any atom is 0.338 e. The molecule has 34 heavy (non-hydrogen) atoms. The van der Waals surface area contributed by atoms with E-state index >= 15 is 0 Å². The molecule has 2 amide bonds. The third-order valence-electron chi connectivity index (χ3n) is 4.31. The van der Waals surface area contributed by atoms with Crippen LogP contribution < -0.4 is 15.4 Å². The van der Waals surface area contributed by atoms with Gasteiger partial charge in [-0.1, -0.05) is 23.5 Å². The molecule has 0 bridgehead atoms. The molecule has 3 rings (SSSR count). The van der Waals surface area contributed by atoms with Crippen LogP contribution in [0.25, 0.3) is 10.2 Å². The Balaban J connectivity index is 1.61. The van der Waals surface area contributed by atoms with Crippen LogP contribution in [0.1, 0.15) is 24.2 Å². The molecule has 0 aliphatic rings. The first-order valence-corrected chi connectivity index (χ1v) is 12.9. The molecule has 3 aromatic rings. The highest BCUT2D eigenvalue weighted by Gasteiger charge is 2.22. The summed E-state index contributed by atoms with van der Waals surface area (Å²) >= 11 is 1.08. The molecule has 2 aromatic carbocycles. The Bertz CT molecular complexity index is 1320. The van der Waals surface area contributed by atoms with Crippen molar-refractivity contribution in [2.75, 3.05) is 35.4 Å². The summed E-state index contributed by atoms with van der Waals surface area (Å²) in [5.74, 6) is -3.44. The zero-order valence-corrected chi connectivity index (χ0v) is 20.1. The molecule has 0 saturated heterocycles. The number of fused-ring (bicyclic) bond motifs is 1. The van der Waals surface area contributed by atoms with Crippen LogP contribution in [-0.2, 0) is 24.2 Å². The second-order valence-corrected chi connectivity index (χ2v) is 10.1. The van der Waals surface area contributed by atoms with E-state index in [1.807, 2.05) is 0 Å². The van der Waals surface area contributed by atoms with E-state index in [9.17, 15) is 22.8 Å². The number of carbonyl (C=O) groups excluding carboxylic acids is 3. The quantitative estimate of drug-likeness (QED) is 0.401. The predicted molar refractivity (Wildman–Crippen MR) is 129 cm³/mol. The molecule has 0 aliphatic carbocycles. The van der Waals surface area contributed by atoms with Gasteiger partial charge in [0.05, 0.1) is 34.7 Å². The first-order chi connectivity index (χ1) is 16.2. The number of esters is 1. The average Bonchev–Trinajstić information content (AvgIpc) is 3.15. The lowest BCUT2D eigenvalue weighted by atomic mass is 10.2. The SMILES string of the molecule is CCOC(=O)c1ccc2nc(NC(=O)CS(=O)(=O)CC(=O)Nc3ccccc3OCC)sc2c1. The van der Waals surface area contributed by atoms with Crippen LogP contribution in [0, 0.1) is 0 Å². The minimum Gasteiger partial charge on any atom is -0.492 e. The van der Waals surface area contributed by atoms with Crippen LogP contribution in [0.3, 0.4) is 0 Å². The lowest BCUT2D eigenvalue weighted by Crippen LogP contribution is -2.30. The van der Waals surface area contributed by atoms with E-state index in [1.165, 1.54) is 0 Å². The van der Waals surface area contributed by atoms with Gasteiger partial charge in [0.25, 0.3) is 0 Å². The van der Waals surface area contributed by atoms with Crippen molar-refractivity contribution in [3.05, 3.63) is 48.0 Å². The summed E-state index contributed by atoms with van der Waals surface area (Å²) in [6, 6.07) is 11.4. The van der Waals surface area contributed by atoms with Crippen molar-refractivity contribution in [1.29, 1.82) is 0 Å². The van der Waals surface area contributed by atoms with Crippen molar-refractivity contribution in [1.82, 2.24) is 4.98 Å². The lowest BCUT2D eigenvalue weighted by molar-refractivity contribution is -0.114. The molecule has 12 heteroatoms. The highest BCUT2D eigenvalue weighted by atomic mass is 32.2. The molecule has 10 nitrogen and oxygen atoms in total. The van der Waals surface area contributed by atoms with E-state index in [4.69, 9.17) is 9.47 Å². The molecule has 0 unspecified atom stereocenters. The zero-order valence-electron chi connectivity index (χ0n) is 18.5. The van der Waals surface area contributed by atoms with E-state index < -0.39 is 39.1 Å². The number of anilines is 2. The number of nitrogens with zero attached hydrogens (tertiary/aromatic N) is 1. The van der Waals surface area contributed by atoms with E-state index in [0.29, 0.717) is 33.8 Å². The van der Waals surface area contributed by atoms with Gasteiger partial charge in [0.1, 0.15) is 17.3 Å². The number of sulfone groups is 1. The summed E-state index contributed by atoms with van der Waals surface area (Å²) in [5.41, 5.74) is 1.21. The van der Waals surface area contributed by atoms with Crippen molar-refractivity contribution in [2.24, 2.45) is 0 Å². The van der Waals surface area contributed by atoms with Crippen LogP contribution in [-0.4, -0.2) is 55.9 Å². The van der Waals surface area contributed by atoms with Gasteiger partial charge in [0.15, 0.2) is 15.0 Å². The van der Waals surface area contributed by atoms with Gasteiger partial charge in [-0.2, -0.15) is 0 Å². The highest BCUT2D eigenvalue weighted by molar-refractivity contribution is 7.92. The number of para-hydroxylation sites is 2. The molecule has 0 radical (unpaired) electrons. The van der Waals surface area contributed by atoms with Gasteiger partial charge in [-0.05, 0) is 44.2 Å². The van der Waals surface area contributed by atoms with Crippen LogP contribution in [0.15, 0.2) is 42.5 Å². The van der Waals surface area contributed by atoms with Gasteiger partial charge in [0, 0.05) is 0 Å². The normalized spacial score (nSPS) is 11.1. The predicted octanol–water partition coefficient (Wildman–Crippen LogP) is 2.86. The van der Waals surface area contributed by atoms with Gasteiger partial charge in [-0.3, -0.25) is 9.59 Å². The Morgan fingerprint density at radius 1 is 0.971 bits per heavy atom. The van der Waals surface area contributed by atoms with E-state index in [1.54, 1.807) is 56.3 Å². The number of thiazole rings is 1. The summed E-state index contributed by atoms with van der Waals surface area (Å²) < 4.78 is 35.7. The number of hydrogen-bond donors (Lipinski definition) is 2. The molecular formula is C22H23N3O7S2. The lowest BCUT2D eigenvalue weighted by Gasteiger charge is -2.11.